The minimum atomic E-state index is 0.218. The summed E-state index contributed by atoms with van der Waals surface area (Å²) in [5.41, 5.74) is 1.17. The Bertz CT molecular complexity index is 445. The summed E-state index contributed by atoms with van der Waals surface area (Å²) in [6.07, 6.45) is 3.54. The first-order valence-electron chi connectivity index (χ1n) is 6.59. The van der Waals surface area contributed by atoms with E-state index in [9.17, 15) is 4.79 Å². The van der Waals surface area contributed by atoms with Crippen LogP contribution in [0.1, 0.15) is 24.8 Å². The van der Waals surface area contributed by atoms with Crippen molar-refractivity contribution >= 4 is 37.8 Å². The monoisotopic (exact) mass is 388 g/mol. The van der Waals surface area contributed by atoms with Gasteiger partial charge in [0.1, 0.15) is 0 Å². The number of carbonyl (C=O) groups is 1. The molecule has 1 aromatic rings. The van der Waals surface area contributed by atoms with Crippen LogP contribution >= 0.6 is 31.9 Å². The van der Waals surface area contributed by atoms with Gasteiger partial charge in [-0.3, -0.25) is 4.79 Å². The molecule has 5 heteroatoms. The summed E-state index contributed by atoms with van der Waals surface area (Å²) in [4.78, 5) is 13.9. The number of nitrogens with one attached hydrogen (secondary N) is 1. The number of halogens is 2. The number of hydrogen-bond donors (Lipinski definition) is 1. The van der Waals surface area contributed by atoms with Gasteiger partial charge in [-0.1, -0.05) is 6.07 Å². The Morgan fingerprint density at radius 3 is 2.58 bits per heavy atom. The van der Waals surface area contributed by atoms with Gasteiger partial charge in [0.2, 0.25) is 5.91 Å². The van der Waals surface area contributed by atoms with Gasteiger partial charge in [0.15, 0.2) is 0 Å². The first-order chi connectivity index (χ1) is 9.16. The van der Waals surface area contributed by atoms with Gasteiger partial charge in [-0.2, -0.15) is 0 Å². The van der Waals surface area contributed by atoms with Crippen molar-refractivity contribution < 1.29 is 4.79 Å². The fourth-order valence-electron chi connectivity index (χ4n) is 2.22. The standard InChI is InChI=1S/C14H18Br2N2O/c15-12-5-4-11(8-13(12)16)9-17-10-14(19)18-6-2-1-3-7-18/h4-5,8,17H,1-3,6-7,9-10H2. The Balaban J connectivity index is 1.76. The van der Waals surface area contributed by atoms with Crippen LogP contribution in [0.3, 0.4) is 0 Å². The molecule has 0 bridgehead atoms. The van der Waals surface area contributed by atoms with Crippen molar-refractivity contribution in [2.45, 2.75) is 25.8 Å². The van der Waals surface area contributed by atoms with Crippen molar-refractivity contribution in [3.63, 3.8) is 0 Å². The van der Waals surface area contributed by atoms with Crippen LogP contribution in [0.15, 0.2) is 27.1 Å². The van der Waals surface area contributed by atoms with Gasteiger partial charge in [0.05, 0.1) is 6.54 Å². The second-order valence-corrected chi connectivity index (χ2v) is 6.50. The second-order valence-electron chi connectivity index (χ2n) is 4.79. The molecule has 0 saturated carbocycles. The Morgan fingerprint density at radius 1 is 1.16 bits per heavy atom. The van der Waals surface area contributed by atoms with E-state index in [1.165, 1.54) is 12.0 Å². The Kier molecular flexibility index (Phi) is 5.85. The SMILES string of the molecule is O=C(CNCc1ccc(Br)c(Br)c1)N1CCCCC1. The third-order valence-electron chi connectivity index (χ3n) is 3.30. The van der Waals surface area contributed by atoms with Crippen molar-refractivity contribution in [3.05, 3.63) is 32.7 Å². The molecule has 0 radical (unpaired) electrons. The molecule has 1 aromatic carbocycles. The van der Waals surface area contributed by atoms with E-state index in [1.807, 2.05) is 17.0 Å². The van der Waals surface area contributed by atoms with Crippen LogP contribution in [0.25, 0.3) is 0 Å². The number of nitrogens with zero attached hydrogens (tertiary/aromatic N) is 1. The zero-order chi connectivity index (χ0) is 13.7. The van der Waals surface area contributed by atoms with E-state index < -0.39 is 0 Å². The van der Waals surface area contributed by atoms with Crippen LogP contribution in [0.5, 0.6) is 0 Å². The highest BCUT2D eigenvalue weighted by molar-refractivity contribution is 9.13. The van der Waals surface area contributed by atoms with Gasteiger partial charge in [-0.25, -0.2) is 0 Å². The number of amides is 1. The molecule has 0 unspecified atom stereocenters. The fourth-order valence-corrected chi connectivity index (χ4v) is 2.89. The molecule has 3 nitrogen and oxygen atoms in total. The third kappa shape index (κ3) is 4.58. The number of rotatable bonds is 4. The maximum Gasteiger partial charge on any atom is 0.236 e. The number of carbonyl (C=O) groups excluding carboxylic acids is 1. The molecule has 1 heterocycles. The summed E-state index contributed by atoms with van der Waals surface area (Å²) in [6.45, 7) is 2.98. The molecular weight excluding hydrogens is 372 g/mol. The maximum absolute atomic E-state index is 12.0. The van der Waals surface area contributed by atoms with Crippen LogP contribution in [0.4, 0.5) is 0 Å². The Hall–Kier alpha value is -0.390. The first-order valence-corrected chi connectivity index (χ1v) is 8.18. The minimum Gasteiger partial charge on any atom is -0.342 e. The lowest BCUT2D eigenvalue weighted by Crippen LogP contribution is -2.40. The summed E-state index contributed by atoms with van der Waals surface area (Å²) in [5, 5.41) is 3.22. The van der Waals surface area contributed by atoms with Gasteiger partial charge in [-0.15, -0.1) is 0 Å². The molecule has 1 aliphatic heterocycles. The van der Waals surface area contributed by atoms with Gasteiger partial charge >= 0.3 is 0 Å². The summed E-state index contributed by atoms with van der Waals surface area (Å²) < 4.78 is 2.08. The van der Waals surface area contributed by atoms with Crippen molar-refractivity contribution in [3.8, 4) is 0 Å². The molecule has 0 aliphatic carbocycles. The van der Waals surface area contributed by atoms with Crippen LogP contribution in [-0.4, -0.2) is 30.4 Å². The number of benzene rings is 1. The lowest BCUT2D eigenvalue weighted by Gasteiger charge is -2.26. The van der Waals surface area contributed by atoms with Gasteiger partial charge in [-0.05, 0) is 68.8 Å². The van der Waals surface area contributed by atoms with Gasteiger partial charge in [0.25, 0.3) is 0 Å². The van der Waals surface area contributed by atoms with E-state index >= 15 is 0 Å². The summed E-state index contributed by atoms with van der Waals surface area (Å²) in [7, 11) is 0. The van der Waals surface area contributed by atoms with Crippen LogP contribution < -0.4 is 5.32 Å². The van der Waals surface area contributed by atoms with E-state index in [4.69, 9.17) is 0 Å². The Morgan fingerprint density at radius 2 is 1.89 bits per heavy atom. The van der Waals surface area contributed by atoms with Crippen LogP contribution in [0.2, 0.25) is 0 Å². The summed E-state index contributed by atoms with van der Waals surface area (Å²) in [5.74, 6) is 0.218. The van der Waals surface area contributed by atoms with E-state index in [1.54, 1.807) is 0 Å². The lowest BCUT2D eigenvalue weighted by molar-refractivity contribution is -0.131. The van der Waals surface area contributed by atoms with Crippen LogP contribution in [0, 0.1) is 0 Å². The predicted molar refractivity (Wildman–Crippen MR) is 84.0 cm³/mol. The highest BCUT2D eigenvalue weighted by atomic mass is 79.9. The van der Waals surface area contributed by atoms with Crippen molar-refractivity contribution in [2.75, 3.05) is 19.6 Å². The molecule has 2 rings (SSSR count). The molecule has 1 saturated heterocycles. The van der Waals surface area contributed by atoms with Gasteiger partial charge in [0, 0.05) is 28.6 Å². The van der Waals surface area contributed by atoms with Crippen molar-refractivity contribution in [1.82, 2.24) is 10.2 Å². The summed E-state index contributed by atoms with van der Waals surface area (Å²) in [6, 6.07) is 6.11. The van der Waals surface area contributed by atoms with Crippen LogP contribution in [-0.2, 0) is 11.3 Å². The highest BCUT2D eigenvalue weighted by Crippen LogP contribution is 2.23. The number of likely N-dealkylation sites (tertiary alicyclic amines) is 1. The first kappa shape index (κ1) is 15.0. The largest absolute Gasteiger partial charge is 0.342 e. The molecule has 0 spiro atoms. The average Bonchev–Trinajstić information content (AvgIpc) is 2.43. The highest BCUT2D eigenvalue weighted by Gasteiger charge is 2.15. The third-order valence-corrected chi connectivity index (χ3v) is 5.18. The zero-order valence-corrected chi connectivity index (χ0v) is 14.0. The Labute approximate surface area is 131 Å². The van der Waals surface area contributed by atoms with Crippen molar-refractivity contribution in [2.24, 2.45) is 0 Å². The molecule has 1 amide bonds. The molecule has 0 atom stereocenters. The van der Waals surface area contributed by atoms with Crippen molar-refractivity contribution in [1.29, 1.82) is 0 Å². The van der Waals surface area contributed by atoms with E-state index in [-0.39, 0.29) is 5.91 Å². The smallest absolute Gasteiger partial charge is 0.236 e. The molecule has 1 aliphatic rings. The minimum absolute atomic E-state index is 0.218. The molecule has 104 valence electrons. The van der Waals surface area contributed by atoms with E-state index in [2.05, 4.69) is 43.2 Å². The quantitative estimate of drug-likeness (QED) is 0.856. The molecule has 0 aromatic heterocycles. The topological polar surface area (TPSA) is 32.3 Å². The lowest BCUT2D eigenvalue weighted by atomic mass is 10.1. The zero-order valence-electron chi connectivity index (χ0n) is 10.8. The fraction of sp³-hybridized carbons (Fsp3) is 0.500. The second kappa shape index (κ2) is 7.41. The maximum atomic E-state index is 12.0. The summed E-state index contributed by atoms with van der Waals surface area (Å²) >= 11 is 6.92. The van der Waals surface area contributed by atoms with E-state index in [0.717, 1.165) is 34.9 Å². The normalized spacial score (nSPS) is 15.6. The van der Waals surface area contributed by atoms with E-state index in [0.29, 0.717) is 13.1 Å². The molecule has 1 fully saturated rings. The predicted octanol–water partition coefficient (Wildman–Crippen LogP) is 3.31. The number of piperidine rings is 1. The molecule has 19 heavy (non-hydrogen) atoms. The van der Waals surface area contributed by atoms with Gasteiger partial charge < -0.3 is 10.2 Å². The molecule has 1 N–H and O–H groups in total. The molecular formula is C14H18Br2N2O. The number of hydrogen-bond acceptors (Lipinski definition) is 2. The average molecular weight is 390 g/mol.